The lowest BCUT2D eigenvalue weighted by atomic mass is 10.1. The zero-order chi connectivity index (χ0) is 14.7. The van der Waals surface area contributed by atoms with E-state index >= 15 is 0 Å². The predicted octanol–water partition coefficient (Wildman–Crippen LogP) is 2.98. The normalized spacial score (nSPS) is 10.2. The van der Waals surface area contributed by atoms with Gasteiger partial charge in [0, 0.05) is 23.0 Å². The van der Waals surface area contributed by atoms with Crippen LogP contribution in [0.1, 0.15) is 15.9 Å². The number of halogens is 1. The number of carbonyl (C=O) groups excluding carboxylic acids is 1. The molecular weight excluding hydrogens is 259 g/mol. The van der Waals surface area contributed by atoms with Crippen LogP contribution in [0.3, 0.4) is 0 Å². The maximum absolute atomic E-state index is 13.5. The van der Waals surface area contributed by atoms with Crippen molar-refractivity contribution < 1.29 is 13.9 Å². The van der Waals surface area contributed by atoms with Crippen molar-refractivity contribution in [3.05, 3.63) is 53.3 Å². The minimum atomic E-state index is -0.529. The summed E-state index contributed by atoms with van der Waals surface area (Å²) < 4.78 is 18.3. The number of nitrogens with one attached hydrogen (secondary N) is 1. The first-order valence-electron chi connectivity index (χ1n) is 6.02. The molecule has 0 aliphatic carbocycles. The van der Waals surface area contributed by atoms with Gasteiger partial charge >= 0.3 is 0 Å². The van der Waals surface area contributed by atoms with Gasteiger partial charge in [0.05, 0.1) is 7.11 Å². The molecule has 20 heavy (non-hydrogen) atoms. The molecule has 1 amide bonds. The average Bonchev–Trinajstić information content (AvgIpc) is 2.42. The van der Waals surface area contributed by atoms with E-state index in [9.17, 15) is 9.18 Å². The monoisotopic (exact) mass is 274 g/mol. The second kappa shape index (κ2) is 5.61. The number of ether oxygens (including phenoxy) is 1. The molecule has 0 atom stereocenters. The standard InChI is InChI=1S/C15H15FN2O2/c1-9-7-10(3-5-13(9)17)15(19)18-11-4-6-14(20-2)12(16)8-11/h3-8H,17H2,1-2H3,(H,18,19). The molecule has 5 heteroatoms. The van der Waals surface area contributed by atoms with Crippen molar-refractivity contribution in [2.45, 2.75) is 6.92 Å². The van der Waals surface area contributed by atoms with Crippen molar-refractivity contribution in [3.63, 3.8) is 0 Å². The van der Waals surface area contributed by atoms with Crippen molar-refractivity contribution in [2.75, 3.05) is 18.2 Å². The van der Waals surface area contributed by atoms with Gasteiger partial charge in [-0.2, -0.15) is 0 Å². The molecule has 0 bridgehead atoms. The number of aryl methyl sites for hydroxylation is 1. The molecule has 0 saturated carbocycles. The number of benzene rings is 2. The number of amides is 1. The van der Waals surface area contributed by atoms with E-state index in [2.05, 4.69) is 5.32 Å². The fraction of sp³-hybridized carbons (Fsp3) is 0.133. The Balaban J connectivity index is 2.19. The lowest BCUT2D eigenvalue weighted by Gasteiger charge is -2.08. The van der Waals surface area contributed by atoms with Crippen LogP contribution in [0.15, 0.2) is 36.4 Å². The zero-order valence-electron chi connectivity index (χ0n) is 11.2. The van der Waals surface area contributed by atoms with Crippen molar-refractivity contribution in [1.29, 1.82) is 0 Å². The van der Waals surface area contributed by atoms with Crippen molar-refractivity contribution in [3.8, 4) is 5.75 Å². The number of methoxy groups -OCH3 is 1. The van der Waals surface area contributed by atoms with E-state index < -0.39 is 5.82 Å². The van der Waals surface area contributed by atoms with Crippen molar-refractivity contribution >= 4 is 17.3 Å². The minimum absolute atomic E-state index is 0.131. The molecule has 0 heterocycles. The highest BCUT2D eigenvalue weighted by molar-refractivity contribution is 6.04. The Labute approximate surface area is 116 Å². The topological polar surface area (TPSA) is 64.3 Å². The van der Waals surface area contributed by atoms with Crippen LogP contribution in [-0.4, -0.2) is 13.0 Å². The quantitative estimate of drug-likeness (QED) is 0.846. The van der Waals surface area contributed by atoms with E-state index in [-0.39, 0.29) is 11.7 Å². The number of anilines is 2. The molecular formula is C15H15FN2O2. The Morgan fingerprint density at radius 2 is 2.00 bits per heavy atom. The zero-order valence-corrected chi connectivity index (χ0v) is 11.2. The Morgan fingerprint density at radius 3 is 2.60 bits per heavy atom. The van der Waals surface area contributed by atoms with Crippen LogP contribution in [0.25, 0.3) is 0 Å². The third-order valence-corrected chi connectivity index (χ3v) is 2.94. The molecule has 0 fully saturated rings. The molecule has 0 radical (unpaired) electrons. The summed E-state index contributed by atoms with van der Waals surface area (Å²) in [5.41, 5.74) is 7.97. The van der Waals surface area contributed by atoms with Crippen LogP contribution >= 0.6 is 0 Å². The second-order valence-corrected chi connectivity index (χ2v) is 4.37. The third-order valence-electron chi connectivity index (χ3n) is 2.94. The lowest BCUT2D eigenvalue weighted by molar-refractivity contribution is 0.102. The van der Waals surface area contributed by atoms with Gasteiger partial charge in [0.1, 0.15) is 0 Å². The molecule has 2 aromatic carbocycles. The average molecular weight is 274 g/mol. The van der Waals surface area contributed by atoms with E-state index in [4.69, 9.17) is 10.5 Å². The Kier molecular flexibility index (Phi) is 3.89. The van der Waals surface area contributed by atoms with Crippen LogP contribution in [0.4, 0.5) is 15.8 Å². The summed E-state index contributed by atoms with van der Waals surface area (Å²) in [4.78, 5) is 12.0. The van der Waals surface area contributed by atoms with Gasteiger partial charge in [0.25, 0.3) is 5.91 Å². The molecule has 2 aromatic rings. The van der Waals surface area contributed by atoms with Gasteiger partial charge in [-0.1, -0.05) is 0 Å². The van der Waals surface area contributed by atoms with Gasteiger partial charge in [-0.05, 0) is 42.8 Å². The molecule has 0 unspecified atom stereocenters. The van der Waals surface area contributed by atoms with E-state index in [0.717, 1.165) is 5.56 Å². The summed E-state index contributed by atoms with van der Waals surface area (Å²) in [6, 6.07) is 9.21. The molecule has 0 saturated heterocycles. The van der Waals surface area contributed by atoms with Gasteiger partial charge in [-0.25, -0.2) is 4.39 Å². The van der Waals surface area contributed by atoms with Crippen LogP contribution in [0.5, 0.6) is 5.75 Å². The largest absolute Gasteiger partial charge is 0.494 e. The molecule has 104 valence electrons. The van der Waals surface area contributed by atoms with Crippen molar-refractivity contribution in [1.82, 2.24) is 0 Å². The first kappa shape index (κ1) is 13.9. The highest BCUT2D eigenvalue weighted by Crippen LogP contribution is 2.21. The smallest absolute Gasteiger partial charge is 0.255 e. The lowest BCUT2D eigenvalue weighted by Crippen LogP contribution is -2.12. The Hall–Kier alpha value is -2.56. The summed E-state index contributed by atoms with van der Waals surface area (Å²) in [5, 5.41) is 2.62. The summed E-state index contributed by atoms with van der Waals surface area (Å²) in [6.45, 7) is 1.82. The first-order valence-corrected chi connectivity index (χ1v) is 6.02. The Morgan fingerprint density at radius 1 is 1.25 bits per heavy atom. The first-order chi connectivity index (χ1) is 9.51. The highest BCUT2D eigenvalue weighted by atomic mass is 19.1. The highest BCUT2D eigenvalue weighted by Gasteiger charge is 2.09. The fourth-order valence-corrected chi connectivity index (χ4v) is 1.76. The van der Waals surface area contributed by atoms with Crippen molar-refractivity contribution in [2.24, 2.45) is 0 Å². The molecule has 0 aliphatic rings. The molecule has 3 N–H and O–H groups in total. The van der Waals surface area contributed by atoms with Gasteiger partial charge in [0.15, 0.2) is 11.6 Å². The summed E-state index contributed by atoms with van der Waals surface area (Å²) in [6.07, 6.45) is 0. The number of carbonyl (C=O) groups is 1. The van der Waals surface area contributed by atoms with Crippen LogP contribution in [-0.2, 0) is 0 Å². The fourth-order valence-electron chi connectivity index (χ4n) is 1.76. The Bertz CT molecular complexity index is 656. The molecule has 0 aromatic heterocycles. The second-order valence-electron chi connectivity index (χ2n) is 4.37. The van der Waals surface area contributed by atoms with E-state index in [1.54, 1.807) is 24.3 Å². The maximum Gasteiger partial charge on any atom is 0.255 e. The van der Waals surface area contributed by atoms with Crippen LogP contribution in [0, 0.1) is 12.7 Å². The molecule has 4 nitrogen and oxygen atoms in total. The van der Waals surface area contributed by atoms with Gasteiger partial charge in [-0.3, -0.25) is 4.79 Å². The molecule has 0 spiro atoms. The third kappa shape index (κ3) is 2.88. The van der Waals surface area contributed by atoms with Crippen LogP contribution in [0.2, 0.25) is 0 Å². The number of rotatable bonds is 3. The maximum atomic E-state index is 13.5. The van der Waals surface area contributed by atoms with Crippen LogP contribution < -0.4 is 15.8 Å². The van der Waals surface area contributed by atoms with E-state index in [0.29, 0.717) is 16.9 Å². The number of nitrogen functional groups attached to an aromatic ring is 1. The van der Waals surface area contributed by atoms with Gasteiger partial charge in [0.2, 0.25) is 0 Å². The van der Waals surface area contributed by atoms with E-state index in [1.807, 2.05) is 6.92 Å². The summed E-state index contributed by atoms with van der Waals surface area (Å²) >= 11 is 0. The number of hydrogen-bond acceptors (Lipinski definition) is 3. The van der Waals surface area contributed by atoms with Gasteiger partial charge in [-0.15, -0.1) is 0 Å². The SMILES string of the molecule is COc1ccc(NC(=O)c2ccc(N)c(C)c2)cc1F. The minimum Gasteiger partial charge on any atom is -0.494 e. The van der Waals surface area contributed by atoms with E-state index in [1.165, 1.54) is 19.2 Å². The summed E-state index contributed by atoms with van der Waals surface area (Å²) in [7, 11) is 1.38. The molecule has 2 rings (SSSR count). The number of nitrogens with two attached hydrogens (primary N) is 1. The molecule has 0 aliphatic heterocycles. The van der Waals surface area contributed by atoms with Gasteiger partial charge < -0.3 is 15.8 Å². The predicted molar refractivity (Wildman–Crippen MR) is 76.5 cm³/mol. The summed E-state index contributed by atoms with van der Waals surface area (Å²) in [5.74, 6) is -0.720. The number of hydrogen-bond donors (Lipinski definition) is 2.